The van der Waals surface area contributed by atoms with Gasteiger partial charge in [0.05, 0.1) is 5.75 Å². The van der Waals surface area contributed by atoms with Crippen LogP contribution in [-0.2, 0) is 15.3 Å². The summed E-state index contributed by atoms with van der Waals surface area (Å²) in [7, 11) is 0. The van der Waals surface area contributed by atoms with Crippen molar-refractivity contribution in [3.8, 4) is 0 Å². The van der Waals surface area contributed by atoms with E-state index in [4.69, 9.17) is 9.52 Å². The van der Waals surface area contributed by atoms with E-state index in [9.17, 15) is 9.59 Å². The van der Waals surface area contributed by atoms with Crippen LogP contribution >= 0.6 is 11.8 Å². The van der Waals surface area contributed by atoms with Gasteiger partial charge in [0.1, 0.15) is 17.6 Å². The number of aliphatic carboxylic acids is 1. The average molecular weight is 243 g/mol. The summed E-state index contributed by atoms with van der Waals surface area (Å²) in [5.41, 5.74) is 0. The topological polar surface area (TPSA) is 79.5 Å². The number of amides is 1. The zero-order valence-electron chi connectivity index (χ0n) is 8.80. The van der Waals surface area contributed by atoms with Crippen LogP contribution in [0.25, 0.3) is 0 Å². The lowest BCUT2D eigenvalue weighted by molar-refractivity contribution is -0.139. The van der Waals surface area contributed by atoms with Crippen molar-refractivity contribution >= 4 is 24.1 Å². The van der Waals surface area contributed by atoms with Crippen LogP contribution in [0.5, 0.6) is 0 Å². The summed E-state index contributed by atoms with van der Waals surface area (Å²) < 4.78 is 5.33. The second-order valence-electron chi connectivity index (χ2n) is 3.20. The minimum atomic E-state index is -1.03. The van der Waals surface area contributed by atoms with Gasteiger partial charge in [-0.2, -0.15) is 11.8 Å². The Bertz CT molecular complexity index is 363. The van der Waals surface area contributed by atoms with E-state index >= 15 is 0 Å². The average Bonchev–Trinajstić information content (AvgIpc) is 2.63. The minimum absolute atomic E-state index is 0.313. The monoisotopic (exact) mass is 243 g/mol. The molecule has 16 heavy (non-hydrogen) atoms. The number of carbonyl (C=O) groups is 2. The molecule has 0 bridgehead atoms. The van der Waals surface area contributed by atoms with Crippen LogP contribution in [0.4, 0.5) is 0 Å². The predicted octanol–water partition coefficient (Wildman–Crippen LogP) is 1.02. The molecular weight excluding hydrogens is 230 g/mol. The molecule has 1 atom stereocenters. The predicted molar refractivity (Wildman–Crippen MR) is 60.2 cm³/mol. The fourth-order valence-corrected chi connectivity index (χ4v) is 2.06. The fourth-order valence-electron chi connectivity index (χ4n) is 1.11. The van der Waals surface area contributed by atoms with Crippen molar-refractivity contribution in [1.29, 1.82) is 0 Å². The standard InChI is InChI=1S/C10H13NO4S/c1-7-2-3-8(15-7)4-16-5-9(10(13)14)11-6-12/h2-3,6,9H,4-5H2,1H3,(H,11,12)(H,13,14). The summed E-state index contributed by atoms with van der Waals surface area (Å²) in [5, 5.41) is 11.0. The molecule has 1 heterocycles. The molecule has 0 spiro atoms. The summed E-state index contributed by atoms with van der Waals surface area (Å²) in [6, 6.07) is 2.86. The number of hydrogen-bond donors (Lipinski definition) is 2. The molecular formula is C10H13NO4S. The van der Waals surface area contributed by atoms with E-state index in [-0.39, 0.29) is 0 Å². The number of thioether (sulfide) groups is 1. The van der Waals surface area contributed by atoms with Crippen LogP contribution in [-0.4, -0.2) is 29.3 Å². The van der Waals surface area contributed by atoms with Gasteiger partial charge in [-0.05, 0) is 19.1 Å². The quantitative estimate of drug-likeness (QED) is 0.699. The van der Waals surface area contributed by atoms with Crippen LogP contribution < -0.4 is 5.32 Å². The molecule has 5 nitrogen and oxygen atoms in total. The first kappa shape index (κ1) is 12.6. The van der Waals surface area contributed by atoms with Crippen LogP contribution in [0.3, 0.4) is 0 Å². The van der Waals surface area contributed by atoms with Crippen LogP contribution in [0, 0.1) is 6.92 Å². The Kier molecular flexibility index (Phi) is 4.91. The fraction of sp³-hybridized carbons (Fsp3) is 0.400. The lowest BCUT2D eigenvalue weighted by Gasteiger charge is -2.09. The number of carboxylic acid groups (broad SMARTS) is 1. The van der Waals surface area contributed by atoms with Crippen LogP contribution in [0.15, 0.2) is 16.5 Å². The van der Waals surface area contributed by atoms with Gasteiger partial charge in [-0.3, -0.25) is 4.79 Å². The molecule has 0 aromatic carbocycles. The number of aryl methyl sites for hydroxylation is 1. The molecule has 0 fully saturated rings. The van der Waals surface area contributed by atoms with Crippen molar-refractivity contribution in [1.82, 2.24) is 5.32 Å². The van der Waals surface area contributed by atoms with Gasteiger partial charge in [0, 0.05) is 5.75 Å². The minimum Gasteiger partial charge on any atom is -0.480 e. The lowest BCUT2D eigenvalue weighted by Crippen LogP contribution is -2.37. The molecule has 6 heteroatoms. The zero-order valence-corrected chi connectivity index (χ0v) is 9.62. The normalized spacial score (nSPS) is 12.1. The largest absolute Gasteiger partial charge is 0.480 e. The Hall–Kier alpha value is -1.43. The molecule has 0 saturated carbocycles. The molecule has 0 aliphatic rings. The lowest BCUT2D eigenvalue weighted by atomic mass is 10.3. The smallest absolute Gasteiger partial charge is 0.327 e. The van der Waals surface area contributed by atoms with Gasteiger partial charge in [0.25, 0.3) is 0 Å². The van der Waals surface area contributed by atoms with Gasteiger partial charge in [-0.25, -0.2) is 4.79 Å². The molecule has 1 aromatic rings. The second-order valence-corrected chi connectivity index (χ2v) is 4.23. The molecule has 88 valence electrons. The molecule has 0 aliphatic carbocycles. The molecule has 1 rings (SSSR count). The van der Waals surface area contributed by atoms with Crippen LogP contribution in [0.1, 0.15) is 11.5 Å². The molecule has 1 unspecified atom stereocenters. The van der Waals surface area contributed by atoms with Gasteiger partial charge in [-0.1, -0.05) is 0 Å². The number of nitrogens with one attached hydrogen (secondary N) is 1. The van der Waals surface area contributed by atoms with E-state index in [1.165, 1.54) is 11.8 Å². The molecule has 0 saturated heterocycles. The van der Waals surface area contributed by atoms with Crippen molar-refractivity contribution < 1.29 is 19.1 Å². The third kappa shape index (κ3) is 3.98. The Balaban J connectivity index is 2.33. The Morgan fingerprint density at radius 2 is 2.44 bits per heavy atom. The molecule has 1 amide bonds. The van der Waals surface area contributed by atoms with Gasteiger partial charge < -0.3 is 14.8 Å². The van der Waals surface area contributed by atoms with Crippen LogP contribution in [0.2, 0.25) is 0 Å². The number of furan rings is 1. The van der Waals surface area contributed by atoms with E-state index in [1.807, 2.05) is 19.1 Å². The molecule has 0 radical (unpaired) electrons. The van der Waals surface area contributed by atoms with E-state index < -0.39 is 12.0 Å². The Morgan fingerprint density at radius 1 is 1.69 bits per heavy atom. The summed E-state index contributed by atoms with van der Waals surface area (Å²) in [4.78, 5) is 20.8. The third-order valence-corrected chi connectivity index (χ3v) is 2.95. The maximum atomic E-state index is 10.7. The van der Waals surface area contributed by atoms with Crippen molar-refractivity contribution in [3.63, 3.8) is 0 Å². The van der Waals surface area contributed by atoms with Crippen molar-refractivity contribution in [2.24, 2.45) is 0 Å². The van der Waals surface area contributed by atoms with E-state index in [2.05, 4.69) is 5.32 Å². The molecule has 1 aromatic heterocycles. The summed E-state index contributed by atoms with van der Waals surface area (Å²) in [6.45, 7) is 1.85. The second kappa shape index (κ2) is 6.22. The SMILES string of the molecule is Cc1ccc(CSCC(NC=O)C(=O)O)o1. The van der Waals surface area contributed by atoms with Crippen molar-refractivity contribution in [2.45, 2.75) is 18.7 Å². The van der Waals surface area contributed by atoms with Gasteiger partial charge in [0.15, 0.2) is 0 Å². The first-order valence-corrected chi connectivity index (χ1v) is 5.84. The third-order valence-electron chi connectivity index (χ3n) is 1.89. The highest BCUT2D eigenvalue weighted by atomic mass is 32.2. The number of carboxylic acids is 1. The van der Waals surface area contributed by atoms with Crippen molar-refractivity contribution in [3.05, 3.63) is 23.7 Å². The highest BCUT2D eigenvalue weighted by Gasteiger charge is 2.16. The first-order valence-electron chi connectivity index (χ1n) is 4.69. The number of hydrogen-bond acceptors (Lipinski definition) is 4. The maximum Gasteiger partial charge on any atom is 0.327 e. The van der Waals surface area contributed by atoms with E-state index in [0.717, 1.165) is 11.5 Å². The summed E-state index contributed by atoms with van der Waals surface area (Å²) in [6.07, 6.45) is 0.399. The van der Waals surface area contributed by atoms with Crippen molar-refractivity contribution in [2.75, 3.05) is 5.75 Å². The van der Waals surface area contributed by atoms with Gasteiger partial charge in [-0.15, -0.1) is 0 Å². The number of carbonyl (C=O) groups excluding carboxylic acids is 1. The Morgan fingerprint density at radius 3 is 2.94 bits per heavy atom. The summed E-state index contributed by atoms with van der Waals surface area (Å²) >= 11 is 1.40. The molecule has 0 aliphatic heterocycles. The first-order chi connectivity index (χ1) is 7.63. The zero-order chi connectivity index (χ0) is 12.0. The van der Waals surface area contributed by atoms with E-state index in [0.29, 0.717) is 17.9 Å². The van der Waals surface area contributed by atoms with Gasteiger partial charge in [0.2, 0.25) is 6.41 Å². The highest BCUT2D eigenvalue weighted by Crippen LogP contribution is 2.15. The maximum absolute atomic E-state index is 10.7. The number of rotatable bonds is 7. The highest BCUT2D eigenvalue weighted by molar-refractivity contribution is 7.98. The Labute approximate surface area is 97.2 Å². The molecule has 2 N–H and O–H groups in total. The summed E-state index contributed by atoms with van der Waals surface area (Å²) in [5.74, 6) is 1.51. The van der Waals surface area contributed by atoms with Gasteiger partial charge >= 0.3 is 5.97 Å². The van der Waals surface area contributed by atoms with E-state index in [1.54, 1.807) is 0 Å².